The summed E-state index contributed by atoms with van der Waals surface area (Å²) in [6.45, 7) is 9.40. The van der Waals surface area contributed by atoms with Crippen LogP contribution in [0.15, 0.2) is 35.0 Å². The third kappa shape index (κ3) is 4.61. The van der Waals surface area contributed by atoms with E-state index in [9.17, 15) is 18.3 Å². The molecule has 0 N–H and O–H groups in total. The fourth-order valence-electron chi connectivity index (χ4n) is 2.12. The highest BCUT2D eigenvalue weighted by Gasteiger charge is 2.26. The SMILES string of the molecule is CC(/C=C(\[O-])C(F)(F)F)=Nc1c(C(C)C)cccc1C(C)C. The summed E-state index contributed by atoms with van der Waals surface area (Å²) in [7, 11) is 0. The number of nitrogens with zero attached hydrogens (tertiary/aromatic N) is 1. The Morgan fingerprint density at radius 3 is 1.91 bits per heavy atom. The molecule has 0 saturated heterocycles. The minimum absolute atomic E-state index is 0.0531. The Morgan fingerprint density at radius 2 is 1.55 bits per heavy atom. The molecular weight excluding hydrogens is 291 g/mol. The van der Waals surface area contributed by atoms with Gasteiger partial charge in [-0.3, -0.25) is 4.99 Å². The smallest absolute Gasteiger partial charge is 0.402 e. The molecule has 0 aliphatic heterocycles. The minimum atomic E-state index is -4.87. The van der Waals surface area contributed by atoms with Gasteiger partial charge >= 0.3 is 6.18 Å². The van der Waals surface area contributed by atoms with Crippen molar-refractivity contribution in [1.82, 2.24) is 0 Å². The van der Waals surface area contributed by atoms with Crippen molar-refractivity contribution >= 4 is 11.4 Å². The second-order valence-corrected chi connectivity index (χ2v) is 5.85. The summed E-state index contributed by atoms with van der Waals surface area (Å²) in [5.74, 6) is -1.52. The first-order valence-corrected chi connectivity index (χ1v) is 7.18. The maximum atomic E-state index is 12.3. The molecular formula is C17H21F3NO-. The lowest BCUT2D eigenvalue weighted by Crippen LogP contribution is -2.23. The number of hydrogen-bond donors (Lipinski definition) is 0. The van der Waals surface area contributed by atoms with E-state index < -0.39 is 11.9 Å². The molecule has 0 atom stereocenters. The Morgan fingerprint density at radius 1 is 1.09 bits per heavy atom. The first kappa shape index (κ1) is 18.3. The fourth-order valence-corrected chi connectivity index (χ4v) is 2.12. The number of para-hydroxylation sites is 1. The summed E-state index contributed by atoms with van der Waals surface area (Å²) < 4.78 is 37.0. The second-order valence-electron chi connectivity index (χ2n) is 5.85. The first-order chi connectivity index (χ1) is 10.0. The van der Waals surface area contributed by atoms with Crippen LogP contribution in [-0.2, 0) is 0 Å². The second kappa shape index (κ2) is 6.99. The molecule has 0 heterocycles. The van der Waals surface area contributed by atoms with Gasteiger partial charge in [0.15, 0.2) is 0 Å². The van der Waals surface area contributed by atoms with Crippen molar-refractivity contribution < 1.29 is 18.3 Å². The molecule has 22 heavy (non-hydrogen) atoms. The quantitative estimate of drug-likeness (QED) is 0.579. The number of benzene rings is 1. The maximum absolute atomic E-state index is 12.3. The maximum Gasteiger partial charge on any atom is 0.402 e. The molecule has 0 radical (unpaired) electrons. The van der Waals surface area contributed by atoms with Crippen LogP contribution in [0.2, 0.25) is 0 Å². The monoisotopic (exact) mass is 312 g/mol. The molecule has 1 aromatic carbocycles. The van der Waals surface area contributed by atoms with Gasteiger partial charge < -0.3 is 5.11 Å². The average Bonchev–Trinajstić information content (AvgIpc) is 2.36. The lowest BCUT2D eigenvalue weighted by molar-refractivity contribution is -0.359. The normalized spacial score (nSPS) is 14.1. The number of alkyl halides is 3. The minimum Gasteiger partial charge on any atom is -0.869 e. The van der Waals surface area contributed by atoms with Crippen LogP contribution in [0.5, 0.6) is 0 Å². The lowest BCUT2D eigenvalue weighted by atomic mass is 9.93. The summed E-state index contributed by atoms with van der Waals surface area (Å²) in [6.07, 6.45) is -4.32. The van der Waals surface area contributed by atoms with Gasteiger partial charge in [0.05, 0.1) is 5.69 Å². The van der Waals surface area contributed by atoms with Crippen LogP contribution < -0.4 is 5.11 Å². The summed E-state index contributed by atoms with van der Waals surface area (Å²) in [6, 6.07) is 5.74. The van der Waals surface area contributed by atoms with E-state index in [4.69, 9.17) is 0 Å². The van der Waals surface area contributed by atoms with Crippen LogP contribution in [-0.4, -0.2) is 11.9 Å². The van der Waals surface area contributed by atoms with E-state index in [2.05, 4.69) is 4.99 Å². The van der Waals surface area contributed by atoms with Gasteiger partial charge in [0.2, 0.25) is 0 Å². The van der Waals surface area contributed by atoms with E-state index in [-0.39, 0.29) is 17.5 Å². The van der Waals surface area contributed by atoms with Crippen molar-refractivity contribution in [3.63, 3.8) is 0 Å². The van der Waals surface area contributed by atoms with E-state index in [0.717, 1.165) is 11.1 Å². The number of halogens is 3. The van der Waals surface area contributed by atoms with E-state index in [1.807, 2.05) is 45.9 Å². The third-order valence-electron chi connectivity index (χ3n) is 3.25. The van der Waals surface area contributed by atoms with Crippen LogP contribution >= 0.6 is 0 Å². The Hall–Kier alpha value is -1.78. The van der Waals surface area contributed by atoms with Crippen molar-refractivity contribution in [3.05, 3.63) is 41.2 Å². The van der Waals surface area contributed by atoms with Crippen LogP contribution in [0.4, 0.5) is 18.9 Å². The Bertz CT molecular complexity index is 558. The van der Waals surface area contributed by atoms with Crippen molar-refractivity contribution in [3.8, 4) is 0 Å². The van der Waals surface area contributed by atoms with E-state index >= 15 is 0 Å². The lowest BCUT2D eigenvalue weighted by Gasteiger charge is -2.18. The van der Waals surface area contributed by atoms with Crippen molar-refractivity contribution in [2.75, 3.05) is 0 Å². The summed E-state index contributed by atoms with van der Waals surface area (Å²) >= 11 is 0. The predicted molar refractivity (Wildman–Crippen MR) is 81.5 cm³/mol. The van der Waals surface area contributed by atoms with Gasteiger partial charge in [0, 0.05) is 5.71 Å². The molecule has 1 aromatic rings. The van der Waals surface area contributed by atoms with Crippen LogP contribution in [0, 0.1) is 0 Å². The van der Waals surface area contributed by atoms with Crippen LogP contribution in [0.1, 0.15) is 57.6 Å². The first-order valence-electron chi connectivity index (χ1n) is 7.18. The van der Waals surface area contributed by atoms with Gasteiger partial charge in [-0.05, 0) is 41.7 Å². The van der Waals surface area contributed by atoms with E-state index in [1.165, 1.54) is 6.92 Å². The molecule has 2 nitrogen and oxygen atoms in total. The number of aliphatic imine (C=N–C) groups is 1. The molecule has 0 bridgehead atoms. The molecule has 122 valence electrons. The van der Waals surface area contributed by atoms with Crippen molar-refractivity contribution in [2.45, 2.75) is 52.6 Å². The highest BCUT2D eigenvalue weighted by Crippen LogP contribution is 2.35. The molecule has 0 aliphatic rings. The molecule has 0 aliphatic carbocycles. The number of rotatable bonds is 4. The molecule has 5 heteroatoms. The summed E-state index contributed by atoms with van der Waals surface area (Å²) in [4.78, 5) is 4.30. The molecule has 1 rings (SSSR count). The number of hydrogen-bond acceptors (Lipinski definition) is 2. The Balaban J connectivity index is 3.39. The largest absolute Gasteiger partial charge is 0.869 e. The predicted octanol–water partition coefficient (Wildman–Crippen LogP) is 4.83. The van der Waals surface area contributed by atoms with Crippen LogP contribution in [0.3, 0.4) is 0 Å². The zero-order valence-electron chi connectivity index (χ0n) is 13.5. The Kier molecular flexibility index (Phi) is 5.80. The molecule has 0 aromatic heterocycles. The van der Waals surface area contributed by atoms with Gasteiger partial charge in [-0.1, -0.05) is 45.9 Å². The average molecular weight is 312 g/mol. The van der Waals surface area contributed by atoms with E-state index in [1.54, 1.807) is 0 Å². The Labute approximate surface area is 129 Å². The highest BCUT2D eigenvalue weighted by atomic mass is 19.4. The topological polar surface area (TPSA) is 35.4 Å². The summed E-state index contributed by atoms with van der Waals surface area (Å²) in [5.41, 5.74) is 2.63. The van der Waals surface area contributed by atoms with Gasteiger partial charge in [0.1, 0.15) is 0 Å². The van der Waals surface area contributed by atoms with Crippen molar-refractivity contribution in [1.29, 1.82) is 0 Å². The van der Waals surface area contributed by atoms with Gasteiger partial charge in [-0.25, -0.2) is 0 Å². The van der Waals surface area contributed by atoms with Crippen LogP contribution in [0.25, 0.3) is 0 Å². The summed E-state index contributed by atoms with van der Waals surface area (Å²) in [5, 5.41) is 11.0. The molecule has 0 spiro atoms. The zero-order chi connectivity index (χ0) is 17.1. The molecule has 0 unspecified atom stereocenters. The molecule has 0 fully saturated rings. The van der Waals surface area contributed by atoms with Crippen molar-refractivity contribution in [2.24, 2.45) is 4.99 Å². The molecule has 0 amide bonds. The molecule has 0 saturated carbocycles. The van der Waals surface area contributed by atoms with E-state index in [0.29, 0.717) is 11.8 Å². The third-order valence-corrected chi connectivity index (χ3v) is 3.25. The standard InChI is InChI=1S/C17H22F3NO/c1-10(2)13-7-6-8-14(11(3)4)16(13)21-12(5)9-15(22)17(18,19)20/h6-11,22H,1-5H3/p-1/b15-9-,21-12?. The van der Waals surface area contributed by atoms with Gasteiger partial charge in [-0.2, -0.15) is 13.2 Å². The van der Waals surface area contributed by atoms with Gasteiger partial charge in [-0.15, -0.1) is 0 Å². The fraction of sp³-hybridized carbons (Fsp3) is 0.471. The number of allylic oxidation sites excluding steroid dienone is 2. The zero-order valence-corrected chi connectivity index (χ0v) is 13.5. The highest BCUT2D eigenvalue weighted by molar-refractivity contribution is 5.95. The van der Waals surface area contributed by atoms with Gasteiger partial charge in [0.25, 0.3) is 0 Å².